The average molecular weight is 327 g/mol. The predicted octanol–water partition coefficient (Wildman–Crippen LogP) is 4.09. The zero-order chi connectivity index (χ0) is 17.1. The van der Waals surface area contributed by atoms with Gasteiger partial charge in [0.15, 0.2) is 0 Å². The molecule has 128 valence electrons. The normalized spacial score (nSPS) is 16.2. The quantitative estimate of drug-likeness (QED) is 0.774. The summed E-state index contributed by atoms with van der Waals surface area (Å²) in [6.45, 7) is 5.08. The van der Waals surface area contributed by atoms with E-state index in [4.69, 9.17) is 9.47 Å². The summed E-state index contributed by atoms with van der Waals surface area (Å²) in [6.07, 6.45) is 4.58. The van der Waals surface area contributed by atoms with Crippen LogP contribution in [0.1, 0.15) is 43.7 Å². The molecule has 0 radical (unpaired) electrons. The summed E-state index contributed by atoms with van der Waals surface area (Å²) in [6, 6.07) is 6.21. The van der Waals surface area contributed by atoms with Crippen LogP contribution in [0.3, 0.4) is 0 Å². The van der Waals surface area contributed by atoms with Crippen LogP contribution < -0.4 is 14.4 Å². The molecule has 24 heavy (non-hydrogen) atoms. The van der Waals surface area contributed by atoms with Crippen molar-refractivity contribution in [2.75, 3.05) is 25.7 Å². The molecule has 0 N–H and O–H groups in total. The highest BCUT2D eigenvalue weighted by atomic mass is 16.5. The summed E-state index contributed by atoms with van der Waals surface area (Å²) in [4.78, 5) is 11.0. The number of hydrogen-bond donors (Lipinski definition) is 0. The first-order valence-electron chi connectivity index (χ1n) is 8.54. The van der Waals surface area contributed by atoms with Crippen LogP contribution in [0.2, 0.25) is 0 Å². The van der Waals surface area contributed by atoms with Gasteiger partial charge in [0.05, 0.1) is 19.3 Å². The Kier molecular flexibility index (Phi) is 4.88. The number of rotatable bonds is 5. The van der Waals surface area contributed by atoms with Gasteiger partial charge in [-0.2, -0.15) is 0 Å². The minimum atomic E-state index is 0.332. The SMILES string of the molecule is CCCCOc1ncnc2c1CC(C)c1cc(OC)ccc1N2C. The maximum atomic E-state index is 5.94. The Hall–Kier alpha value is -2.30. The summed E-state index contributed by atoms with van der Waals surface area (Å²) in [5.74, 6) is 2.85. The summed E-state index contributed by atoms with van der Waals surface area (Å²) >= 11 is 0. The number of hydrogen-bond acceptors (Lipinski definition) is 5. The summed E-state index contributed by atoms with van der Waals surface area (Å²) in [5.41, 5.74) is 3.49. The van der Waals surface area contributed by atoms with Gasteiger partial charge in [0.1, 0.15) is 17.9 Å². The molecule has 1 aliphatic rings. The van der Waals surface area contributed by atoms with Crippen molar-refractivity contribution in [2.45, 2.75) is 39.0 Å². The van der Waals surface area contributed by atoms with Crippen LogP contribution in [-0.2, 0) is 6.42 Å². The molecule has 1 aliphatic heterocycles. The first-order valence-corrected chi connectivity index (χ1v) is 8.54. The van der Waals surface area contributed by atoms with E-state index in [1.54, 1.807) is 13.4 Å². The Morgan fingerprint density at radius 3 is 2.88 bits per heavy atom. The van der Waals surface area contributed by atoms with Gasteiger partial charge in [-0.05, 0) is 42.5 Å². The predicted molar refractivity (Wildman–Crippen MR) is 95.6 cm³/mol. The molecule has 0 aliphatic carbocycles. The number of aromatic nitrogens is 2. The van der Waals surface area contributed by atoms with E-state index < -0.39 is 0 Å². The second-order valence-corrected chi connectivity index (χ2v) is 6.27. The molecule has 5 heteroatoms. The number of nitrogens with zero attached hydrogens (tertiary/aromatic N) is 3. The zero-order valence-corrected chi connectivity index (χ0v) is 14.9. The van der Waals surface area contributed by atoms with E-state index in [1.807, 2.05) is 13.1 Å². The molecule has 1 aromatic heterocycles. The van der Waals surface area contributed by atoms with Crippen LogP contribution in [0, 0.1) is 0 Å². The standard InChI is InChI=1S/C19H25N3O2/c1-5-6-9-24-19-16-10-13(2)15-11-14(23-4)7-8-17(15)22(3)18(16)20-12-21-19/h7-8,11-13H,5-6,9-10H2,1-4H3. The zero-order valence-electron chi connectivity index (χ0n) is 14.9. The molecule has 1 unspecified atom stereocenters. The van der Waals surface area contributed by atoms with Crippen molar-refractivity contribution in [1.29, 1.82) is 0 Å². The van der Waals surface area contributed by atoms with E-state index in [0.29, 0.717) is 18.4 Å². The molecular weight excluding hydrogens is 302 g/mol. The lowest BCUT2D eigenvalue weighted by Crippen LogP contribution is -2.14. The molecule has 2 aromatic rings. The second-order valence-electron chi connectivity index (χ2n) is 6.27. The van der Waals surface area contributed by atoms with Crippen molar-refractivity contribution in [2.24, 2.45) is 0 Å². The Bertz CT molecular complexity index is 718. The molecule has 0 bridgehead atoms. The van der Waals surface area contributed by atoms with Gasteiger partial charge in [0.25, 0.3) is 0 Å². The topological polar surface area (TPSA) is 47.5 Å². The molecule has 3 rings (SSSR count). The molecule has 0 fully saturated rings. The van der Waals surface area contributed by atoms with Crippen molar-refractivity contribution in [1.82, 2.24) is 9.97 Å². The van der Waals surface area contributed by atoms with Crippen molar-refractivity contribution < 1.29 is 9.47 Å². The van der Waals surface area contributed by atoms with E-state index >= 15 is 0 Å². The lowest BCUT2D eigenvalue weighted by atomic mass is 9.94. The number of methoxy groups -OCH3 is 1. The van der Waals surface area contributed by atoms with Gasteiger partial charge in [0, 0.05) is 12.7 Å². The van der Waals surface area contributed by atoms with Gasteiger partial charge in [-0.3, -0.25) is 0 Å². The smallest absolute Gasteiger partial charge is 0.221 e. The summed E-state index contributed by atoms with van der Waals surface area (Å²) in [5, 5.41) is 0. The van der Waals surface area contributed by atoms with E-state index in [9.17, 15) is 0 Å². The van der Waals surface area contributed by atoms with Crippen LogP contribution in [0.5, 0.6) is 11.6 Å². The highest BCUT2D eigenvalue weighted by Crippen LogP contribution is 2.42. The van der Waals surface area contributed by atoms with Gasteiger partial charge in [0.2, 0.25) is 5.88 Å². The third kappa shape index (κ3) is 3.03. The molecule has 1 atom stereocenters. The van der Waals surface area contributed by atoms with Crippen molar-refractivity contribution in [3.05, 3.63) is 35.7 Å². The molecule has 5 nitrogen and oxygen atoms in total. The van der Waals surface area contributed by atoms with Crippen LogP contribution in [0.4, 0.5) is 11.5 Å². The third-order valence-corrected chi connectivity index (χ3v) is 4.57. The molecule has 0 amide bonds. The molecule has 2 heterocycles. The van der Waals surface area contributed by atoms with E-state index in [-0.39, 0.29) is 0 Å². The summed E-state index contributed by atoms with van der Waals surface area (Å²) < 4.78 is 11.3. The van der Waals surface area contributed by atoms with Crippen molar-refractivity contribution >= 4 is 11.5 Å². The van der Waals surface area contributed by atoms with Crippen LogP contribution in [0.25, 0.3) is 0 Å². The average Bonchev–Trinajstić information content (AvgIpc) is 2.71. The fraction of sp³-hybridized carbons (Fsp3) is 0.474. The Morgan fingerprint density at radius 1 is 1.29 bits per heavy atom. The minimum Gasteiger partial charge on any atom is -0.497 e. The fourth-order valence-corrected chi connectivity index (χ4v) is 3.18. The number of anilines is 2. The molecule has 0 saturated carbocycles. The maximum Gasteiger partial charge on any atom is 0.221 e. The largest absolute Gasteiger partial charge is 0.497 e. The van der Waals surface area contributed by atoms with Gasteiger partial charge in [-0.25, -0.2) is 9.97 Å². The van der Waals surface area contributed by atoms with Crippen LogP contribution >= 0.6 is 0 Å². The highest BCUT2D eigenvalue weighted by Gasteiger charge is 2.27. The van der Waals surface area contributed by atoms with Gasteiger partial charge in [-0.15, -0.1) is 0 Å². The van der Waals surface area contributed by atoms with E-state index in [1.165, 1.54) is 5.56 Å². The number of ether oxygens (including phenoxy) is 2. The summed E-state index contributed by atoms with van der Waals surface area (Å²) in [7, 11) is 3.75. The molecule has 0 saturated heterocycles. The van der Waals surface area contributed by atoms with Gasteiger partial charge in [-0.1, -0.05) is 20.3 Å². The van der Waals surface area contributed by atoms with E-state index in [2.05, 4.69) is 40.8 Å². The number of unbranched alkanes of at least 4 members (excludes halogenated alkanes) is 1. The Morgan fingerprint density at radius 2 is 2.12 bits per heavy atom. The Balaban J connectivity index is 2.02. The van der Waals surface area contributed by atoms with Crippen LogP contribution in [-0.4, -0.2) is 30.7 Å². The second kappa shape index (κ2) is 7.07. The third-order valence-electron chi connectivity index (χ3n) is 4.57. The number of benzene rings is 1. The first-order chi connectivity index (χ1) is 11.7. The van der Waals surface area contributed by atoms with Crippen molar-refractivity contribution in [3.8, 4) is 11.6 Å². The van der Waals surface area contributed by atoms with Gasteiger partial charge < -0.3 is 14.4 Å². The maximum absolute atomic E-state index is 5.94. The lowest BCUT2D eigenvalue weighted by Gasteiger charge is -2.22. The first kappa shape index (κ1) is 16.6. The molecular formula is C19H25N3O2. The van der Waals surface area contributed by atoms with Crippen molar-refractivity contribution in [3.63, 3.8) is 0 Å². The minimum absolute atomic E-state index is 0.332. The monoisotopic (exact) mass is 327 g/mol. The lowest BCUT2D eigenvalue weighted by molar-refractivity contribution is 0.293. The van der Waals surface area contributed by atoms with Gasteiger partial charge >= 0.3 is 0 Å². The number of fused-ring (bicyclic) bond motifs is 2. The highest BCUT2D eigenvalue weighted by molar-refractivity contribution is 5.70. The fourth-order valence-electron chi connectivity index (χ4n) is 3.18. The molecule has 0 spiro atoms. The van der Waals surface area contributed by atoms with Crippen LogP contribution in [0.15, 0.2) is 24.5 Å². The van der Waals surface area contributed by atoms with E-state index in [0.717, 1.165) is 42.1 Å². The Labute approximate surface area is 143 Å². The molecule has 1 aromatic carbocycles.